The minimum atomic E-state index is -4.66. The summed E-state index contributed by atoms with van der Waals surface area (Å²) in [5, 5.41) is 8.48. The molecule has 0 aliphatic rings. The molecule has 2 aromatic carbocycles. The highest BCUT2D eigenvalue weighted by Gasteiger charge is 2.31. The number of aromatic nitrogens is 1. The van der Waals surface area contributed by atoms with Gasteiger partial charge in [-0.1, -0.05) is 17.3 Å². The SMILES string of the molecule is Cc1onc(-c2cccc(C(F)(F)F)c2)c1-c1cc(F)c(S(N)(=O)=O)c(F)c1. The number of aryl methyl sites for hydroxylation is 1. The maximum Gasteiger partial charge on any atom is 0.416 e. The maximum absolute atomic E-state index is 14.2. The predicted octanol–water partition coefficient (Wildman–Crippen LogP) is 4.26. The van der Waals surface area contributed by atoms with Crippen molar-refractivity contribution in [1.82, 2.24) is 5.16 Å². The van der Waals surface area contributed by atoms with Crippen LogP contribution in [0.4, 0.5) is 22.0 Å². The Bertz CT molecular complexity index is 1150. The zero-order valence-electron chi connectivity index (χ0n) is 14.0. The van der Waals surface area contributed by atoms with Gasteiger partial charge in [-0.2, -0.15) is 13.2 Å². The highest BCUT2D eigenvalue weighted by atomic mass is 32.2. The van der Waals surface area contributed by atoms with Crippen LogP contribution in [0.5, 0.6) is 0 Å². The van der Waals surface area contributed by atoms with Gasteiger partial charge in [-0.25, -0.2) is 22.3 Å². The Balaban J connectivity index is 2.21. The molecule has 1 aromatic heterocycles. The van der Waals surface area contributed by atoms with E-state index in [4.69, 9.17) is 9.66 Å². The van der Waals surface area contributed by atoms with Gasteiger partial charge in [0, 0.05) is 5.56 Å². The number of nitrogens with zero attached hydrogens (tertiary/aromatic N) is 1. The van der Waals surface area contributed by atoms with E-state index in [1.807, 2.05) is 0 Å². The Labute approximate surface area is 155 Å². The van der Waals surface area contributed by atoms with E-state index in [0.717, 1.165) is 18.2 Å². The second kappa shape index (κ2) is 6.67. The molecule has 28 heavy (non-hydrogen) atoms. The molecule has 11 heteroatoms. The fourth-order valence-corrected chi connectivity index (χ4v) is 3.39. The molecular formula is C17H11F5N2O3S. The van der Waals surface area contributed by atoms with E-state index >= 15 is 0 Å². The van der Waals surface area contributed by atoms with Crippen LogP contribution in [0.25, 0.3) is 22.4 Å². The van der Waals surface area contributed by atoms with Crippen molar-refractivity contribution < 1.29 is 34.9 Å². The van der Waals surface area contributed by atoms with Crippen LogP contribution in [0.1, 0.15) is 11.3 Å². The fraction of sp³-hybridized carbons (Fsp3) is 0.118. The van der Waals surface area contributed by atoms with Gasteiger partial charge < -0.3 is 4.52 Å². The Morgan fingerprint density at radius 3 is 2.18 bits per heavy atom. The average molecular weight is 418 g/mol. The summed E-state index contributed by atoms with van der Waals surface area (Å²) in [7, 11) is -4.66. The van der Waals surface area contributed by atoms with Crippen molar-refractivity contribution in [3.05, 3.63) is 59.4 Å². The first kappa shape index (κ1) is 20.0. The third-order valence-electron chi connectivity index (χ3n) is 3.90. The van der Waals surface area contributed by atoms with E-state index < -0.39 is 38.3 Å². The predicted molar refractivity (Wildman–Crippen MR) is 88.4 cm³/mol. The molecule has 0 bridgehead atoms. The van der Waals surface area contributed by atoms with E-state index in [1.165, 1.54) is 13.0 Å². The summed E-state index contributed by atoms with van der Waals surface area (Å²) in [6.45, 7) is 1.39. The fourth-order valence-electron chi connectivity index (χ4n) is 2.73. The molecule has 0 aliphatic carbocycles. The summed E-state index contributed by atoms with van der Waals surface area (Å²) in [4.78, 5) is -1.31. The van der Waals surface area contributed by atoms with E-state index in [0.29, 0.717) is 12.1 Å². The number of hydrogen-bond donors (Lipinski definition) is 1. The lowest BCUT2D eigenvalue weighted by Crippen LogP contribution is -2.16. The number of nitrogens with two attached hydrogens (primary N) is 1. The van der Waals surface area contributed by atoms with Gasteiger partial charge in [-0.3, -0.25) is 0 Å². The van der Waals surface area contributed by atoms with Crippen molar-refractivity contribution in [3.8, 4) is 22.4 Å². The smallest absolute Gasteiger partial charge is 0.360 e. The number of primary sulfonamides is 1. The molecule has 2 N–H and O–H groups in total. The molecule has 0 radical (unpaired) electrons. The van der Waals surface area contributed by atoms with Crippen molar-refractivity contribution in [2.45, 2.75) is 18.0 Å². The topological polar surface area (TPSA) is 86.2 Å². The molecule has 0 amide bonds. The second-order valence-corrected chi connectivity index (χ2v) is 7.35. The lowest BCUT2D eigenvalue weighted by atomic mass is 9.98. The standard InChI is InChI=1S/C17H11F5N2O3S/c1-8-14(10-6-12(18)16(13(19)7-10)28(23,25)26)15(24-27-8)9-3-2-4-11(5-9)17(20,21)22/h2-7H,1H3,(H2,23,25,26). The molecular weight excluding hydrogens is 407 g/mol. The summed E-state index contributed by atoms with van der Waals surface area (Å²) in [6.07, 6.45) is -4.61. The summed E-state index contributed by atoms with van der Waals surface area (Å²) < 4.78 is 94.9. The summed E-state index contributed by atoms with van der Waals surface area (Å²) >= 11 is 0. The molecule has 0 atom stereocenters. The van der Waals surface area contributed by atoms with E-state index in [2.05, 4.69) is 5.16 Å². The van der Waals surface area contributed by atoms with Gasteiger partial charge in [-0.15, -0.1) is 0 Å². The van der Waals surface area contributed by atoms with Gasteiger partial charge in [0.25, 0.3) is 0 Å². The van der Waals surface area contributed by atoms with Crippen molar-refractivity contribution in [2.24, 2.45) is 5.14 Å². The third kappa shape index (κ3) is 3.62. The highest BCUT2D eigenvalue weighted by Crippen LogP contribution is 2.38. The Morgan fingerprint density at radius 1 is 1.04 bits per heavy atom. The molecule has 1 heterocycles. The lowest BCUT2D eigenvalue weighted by molar-refractivity contribution is -0.137. The molecule has 0 aliphatic heterocycles. The van der Waals surface area contributed by atoms with Gasteiger partial charge in [0.15, 0.2) is 4.90 Å². The van der Waals surface area contributed by atoms with Crippen LogP contribution in [-0.2, 0) is 16.2 Å². The van der Waals surface area contributed by atoms with Gasteiger partial charge >= 0.3 is 6.18 Å². The molecule has 5 nitrogen and oxygen atoms in total. The first-order valence-electron chi connectivity index (χ1n) is 7.55. The molecule has 148 valence electrons. The van der Waals surface area contributed by atoms with Crippen molar-refractivity contribution in [2.75, 3.05) is 0 Å². The minimum absolute atomic E-state index is 0.00184. The quantitative estimate of drug-likeness (QED) is 0.644. The highest BCUT2D eigenvalue weighted by molar-refractivity contribution is 7.89. The van der Waals surface area contributed by atoms with Crippen LogP contribution in [0, 0.1) is 18.6 Å². The molecule has 3 rings (SSSR count). The zero-order valence-corrected chi connectivity index (χ0v) is 14.8. The van der Waals surface area contributed by atoms with Crippen molar-refractivity contribution in [1.29, 1.82) is 0 Å². The number of halogens is 5. The molecule has 3 aromatic rings. The van der Waals surface area contributed by atoms with Crippen LogP contribution in [0.15, 0.2) is 45.8 Å². The van der Waals surface area contributed by atoms with Gasteiger partial charge in [-0.05, 0) is 36.8 Å². The summed E-state index contributed by atoms with van der Waals surface area (Å²) in [6, 6.07) is 5.53. The van der Waals surface area contributed by atoms with Crippen LogP contribution in [-0.4, -0.2) is 13.6 Å². The maximum atomic E-state index is 14.2. The monoisotopic (exact) mass is 418 g/mol. The van der Waals surface area contributed by atoms with E-state index in [1.54, 1.807) is 0 Å². The van der Waals surface area contributed by atoms with Crippen LogP contribution < -0.4 is 5.14 Å². The number of benzene rings is 2. The second-order valence-electron chi connectivity index (χ2n) is 5.85. The Kier molecular flexibility index (Phi) is 4.76. The molecule has 0 fully saturated rings. The third-order valence-corrected chi connectivity index (χ3v) is 4.86. The number of alkyl halides is 3. The van der Waals surface area contributed by atoms with Gasteiger partial charge in [0.2, 0.25) is 10.0 Å². The molecule has 0 saturated heterocycles. The number of hydrogen-bond acceptors (Lipinski definition) is 4. The van der Waals surface area contributed by atoms with Crippen LogP contribution >= 0.6 is 0 Å². The van der Waals surface area contributed by atoms with Crippen molar-refractivity contribution >= 4 is 10.0 Å². The lowest BCUT2D eigenvalue weighted by Gasteiger charge is -2.10. The van der Waals surface area contributed by atoms with E-state index in [9.17, 15) is 30.4 Å². The first-order chi connectivity index (χ1) is 12.9. The first-order valence-corrected chi connectivity index (χ1v) is 9.10. The van der Waals surface area contributed by atoms with Crippen LogP contribution in [0.3, 0.4) is 0 Å². The average Bonchev–Trinajstić information content (AvgIpc) is 2.94. The zero-order chi connectivity index (χ0) is 20.9. The summed E-state index contributed by atoms with van der Waals surface area (Å²) in [5.74, 6) is -2.84. The van der Waals surface area contributed by atoms with E-state index in [-0.39, 0.29) is 28.1 Å². The number of rotatable bonds is 3. The molecule has 0 saturated carbocycles. The summed E-state index contributed by atoms with van der Waals surface area (Å²) in [5.41, 5.74) is -1.20. The molecule has 0 unspecified atom stereocenters. The minimum Gasteiger partial charge on any atom is -0.360 e. The number of sulfonamides is 1. The Hall–Kier alpha value is -2.79. The van der Waals surface area contributed by atoms with Gasteiger partial charge in [0.1, 0.15) is 23.1 Å². The normalized spacial score (nSPS) is 12.4. The largest absolute Gasteiger partial charge is 0.416 e. The molecule has 0 spiro atoms. The van der Waals surface area contributed by atoms with Gasteiger partial charge in [0.05, 0.1) is 11.1 Å². The Morgan fingerprint density at radius 2 is 1.64 bits per heavy atom. The van der Waals surface area contributed by atoms with Crippen molar-refractivity contribution in [3.63, 3.8) is 0 Å². The van der Waals surface area contributed by atoms with Crippen LogP contribution in [0.2, 0.25) is 0 Å².